The molecule has 8 nitrogen and oxygen atoms in total. The van der Waals surface area contributed by atoms with E-state index < -0.39 is 17.8 Å². The van der Waals surface area contributed by atoms with Crippen LogP contribution in [0.2, 0.25) is 0 Å². The van der Waals surface area contributed by atoms with E-state index in [0.717, 1.165) is 20.0 Å². The molecule has 30 heavy (non-hydrogen) atoms. The quantitative estimate of drug-likeness (QED) is 0.415. The van der Waals surface area contributed by atoms with Crippen molar-refractivity contribution >= 4 is 5.78 Å². The summed E-state index contributed by atoms with van der Waals surface area (Å²) in [5.74, 6) is 0.504. The number of Topliss-reactive ketones (excluding diaryl/α,β-unsaturated/α-hetero) is 1. The number of hydrogen-bond donors (Lipinski definition) is 4. The number of carbonyl (C=O) groups excluding carboxylic acids is 1. The van der Waals surface area contributed by atoms with Crippen LogP contribution in [0, 0.1) is 0 Å². The Bertz CT molecular complexity index is 605. The average molecular weight is 431 g/mol. The zero-order valence-electron chi connectivity index (χ0n) is 18.2. The number of unbranched alkanes of at least 4 members (excludes halogenated alkanes) is 4. The molecule has 1 aromatic heterocycles. The fourth-order valence-electron chi connectivity index (χ4n) is 2.91. The van der Waals surface area contributed by atoms with Crippen LogP contribution >= 0.6 is 0 Å². The molecule has 0 saturated carbocycles. The van der Waals surface area contributed by atoms with Crippen molar-refractivity contribution in [2.75, 3.05) is 20.3 Å². The number of aryl methyl sites for hydroxylation is 1. The second kappa shape index (κ2) is 18.1. The number of aromatic hydroxyl groups is 1. The van der Waals surface area contributed by atoms with Gasteiger partial charge in [-0.05, 0) is 18.9 Å². The normalized spacial score (nSPS) is 17.9. The van der Waals surface area contributed by atoms with Crippen molar-refractivity contribution < 1.29 is 34.4 Å². The molecule has 0 radical (unpaired) electrons. The first-order valence-corrected chi connectivity index (χ1v) is 10.6. The third kappa shape index (κ3) is 14.3. The van der Waals surface area contributed by atoms with Crippen LogP contribution in [-0.2, 0) is 16.0 Å². The van der Waals surface area contributed by atoms with Crippen LogP contribution in [0.5, 0.6) is 5.75 Å². The number of aliphatic hydroxyl groups is 3. The lowest BCUT2D eigenvalue weighted by atomic mass is 10.0. The van der Waals surface area contributed by atoms with Gasteiger partial charge in [0.25, 0.3) is 0 Å². The maximum Gasteiger partial charge on any atom is 0.336 e. The van der Waals surface area contributed by atoms with Crippen LogP contribution in [0.15, 0.2) is 21.3 Å². The monoisotopic (exact) mass is 430 g/mol. The van der Waals surface area contributed by atoms with Gasteiger partial charge in [-0.15, -0.1) is 0 Å². The van der Waals surface area contributed by atoms with Crippen LogP contribution in [0.1, 0.15) is 70.5 Å². The van der Waals surface area contributed by atoms with Gasteiger partial charge in [0.05, 0.1) is 25.4 Å². The number of hydrogen-bond acceptors (Lipinski definition) is 8. The first kappa shape index (κ1) is 28.3. The Balaban J connectivity index is 0.000000696. The van der Waals surface area contributed by atoms with E-state index in [4.69, 9.17) is 24.5 Å². The third-order valence-corrected chi connectivity index (χ3v) is 4.47. The molecule has 2 heterocycles. The van der Waals surface area contributed by atoms with Gasteiger partial charge in [-0.3, -0.25) is 4.79 Å². The molecule has 0 bridgehead atoms. The van der Waals surface area contributed by atoms with Gasteiger partial charge in [0.1, 0.15) is 11.5 Å². The van der Waals surface area contributed by atoms with Crippen LogP contribution < -0.4 is 5.63 Å². The summed E-state index contributed by atoms with van der Waals surface area (Å²) >= 11 is 0. The fourth-order valence-corrected chi connectivity index (χ4v) is 2.91. The molecule has 2 unspecified atom stereocenters. The predicted octanol–water partition coefficient (Wildman–Crippen LogP) is 2.33. The molecule has 1 saturated heterocycles. The summed E-state index contributed by atoms with van der Waals surface area (Å²) in [6, 6.07) is 2.51. The first-order valence-electron chi connectivity index (χ1n) is 10.6. The Labute approximate surface area is 178 Å². The number of carbonyl (C=O) groups is 1. The lowest BCUT2D eigenvalue weighted by Crippen LogP contribution is -2.32. The zero-order valence-corrected chi connectivity index (χ0v) is 18.2. The molecule has 8 heteroatoms. The maximum absolute atomic E-state index is 11.7. The third-order valence-electron chi connectivity index (χ3n) is 4.47. The first-order chi connectivity index (χ1) is 14.4. The molecule has 1 aromatic rings. The predicted molar refractivity (Wildman–Crippen MR) is 114 cm³/mol. The number of ketones is 1. The van der Waals surface area contributed by atoms with E-state index >= 15 is 0 Å². The van der Waals surface area contributed by atoms with E-state index in [2.05, 4.69) is 6.92 Å². The van der Waals surface area contributed by atoms with Crippen LogP contribution in [0.25, 0.3) is 0 Å². The molecule has 0 spiro atoms. The van der Waals surface area contributed by atoms with E-state index in [0.29, 0.717) is 45.3 Å². The summed E-state index contributed by atoms with van der Waals surface area (Å²) in [6.45, 7) is 2.91. The number of ether oxygens (including phenoxy) is 1. The van der Waals surface area contributed by atoms with Crippen LogP contribution in [0.4, 0.5) is 0 Å². The van der Waals surface area contributed by atoms with E-state index in [-0.39, 0.29) is 17.3 Å². The molecule has 174 valence electrons. The van der Waals surface area contributed by atoms with Gasteiger partial charge >= 0.3 is 5.63 Å². The second-order valence-corrected chi connectivity index (χ2v) is 7.20. The Morgan fingerprint density at radius 1 is 1.00 bits per heavy atom. The van der Waals surface area contributed by atoms with Crippen molar-refractivity contribution in [2.45, 2.75) is 83.3 Å². The Morgan fingerprint density at radius 3 is 2.17 bits per heavy atom. The minimum atomic E-state index is -0.472. The van der Waals surface area contributed by atoms with Gasteiger partial charge in [0.2, 0.25) is 0 Å². The lowest BCUT2D eigenvalue weighted by Gasteiger charge is -2.21. The SMILES string of the molecule is CCCCCCCC(=O)CCCc1oc(=O)ccc1O.CO.OC1COCC(O)C1. The molecular weight excluding hydrogens is 392 g/mol. The molecule has 4 N–H and O–H groups in total. The highest BCUT2D eigenvalue weighted by Gasteiger charge is 2.17. The molecule has 1 aliphatic heterocycles. The number of rotatable bonds is 10. The standard InChI is InChI=1S/C16H24O4.C5H10O3.CH4O/c1-2-3-4-5-6-8-13(17)9-7-10-15-14(18)11-12-16(19)20-15;6-4-1-5(7)3-8-2-4;1-2/h11-12,18H,2-10H2,1H3;4-7H,1-3H2;2H,1H3. The van der Waals surface area contributed by atoms with Gasteiger partial charge in [-0.2, -0.15) is 0 Å². The topological polar surface area (TPSA) is 137 Å². The highest BCUT2D eigenvalue weighted by Crippen LogP contribution is 2.16. The summed E-state index contributed by atoms with van der Waals surface area (Å²) in [6.07, 6.45) is 7.40. The number of aliphatic hydroxyl groups excluding tert-OH is 3. The minimum absolute atomic E-state index is 0.0170. The van der Waals surface area contributed by atoms with Crippen molar-refractivity contribution in [1.82, 2.24) is 0 Å². The molecular formula is C22H38O8. The Hall–Kier alpha value is -1.74. The smallest absolute Gasteiger partial charge is 0.336 e. The summed E-state index contributed by atoms with van der Waals surface area (Å²) in [5.41, 5.74) is -0.472. The lowest BCUT2D eigenvalue weighted by molar-refractivity contribution is -0.119. The molecule has 0 aromatic carbocycles. The molecule has 0 aliphatic carbocycles. The largest absolute Gasteiger partial charge is 0.504 e. The summed E-state index contributed by atoms with van der Waals surface area (Å²) in [4.78, 5) is 22.7. The molecule has 1 aliphatic rings. The Kier molecular flexibility index (Phi) is 17.0. The van der Waals surface area contributed by atoms with Crippen molar-refractivity contribution in [3.8, 4) is 5.75 Å². The summed E-state index contributed by atoms with van der Waals surface area (Å²) in [5, 5.41) is 34.1. The van der Waals surface area contributed by atoms with Gasteiger partial charge in [-0.25, -0.2) is 4.79 Å². The van der Waals surface area contributed by atoms with E-state index in [1.165, 1.54) is 31.4 Å². The molecule has 0 amide bonds. The van der Waals surface area contributed by atoms with Crippen LogP contribution in [0.3, 0.4) is 0 Å². The van der Waals surface area contributed by atoms with E-state index in [1.807, 2.05) is 0 Å². The van der Waals surface area contributed by atoms with E-state index in [9.17, 15) is 14.7 Å². The van der Waals surface area contributed by atoms with Crippen molar-refractivity contribution in [3.63, 3.8) is 0 Å². The molecule has 1 fully saturated rings. The highest BCUT2D eigenvalue weighted by atomic mass is 16.5. The zero-order chi connectivity index (χ0) is 22.8. The highest BCUT2D eigenvalue weighted by molar-refractivity contribution is 5.78. The van der Waals surface area contributed by atoms with Gasteiger partial charge < -0.3 is 29.6 Å². The Morgan fingerprint density at radius 2 is 1.60 bits per heavy atom. The van der Waals surface area contributed by atoms with Crippen molar-refractivity contribution in [2.24, 2.45) is 0 Å². The van der Waals surface area contributed by atoms with Crippen molar-refractivity contribution in [3.05, 3.63) is 28.3 Å². The summed E-state index contributed by atoms with van der Waals surface area (Å²) in [7, 11) is 1.00. The average Bonchev–Trinajstić information content (AvgIpc) is 2.72. The maximum atomic E-state index is 11.7. The molecule has 2 rings (SSSR count). The molecule has 2 atom stereocenters. The van der Waals surface area contributed by atoms with Crippen molar-refractivity contribution in [1.29, 1.82) is 0 Å². The van der Waals surface area contributed by atoms with Gasteiger partial charge in [-0.1, -0.05) is 32.6 Å². The summed E-state index contributed by atoms with van der Waals surface area (Å²) < 4.78 is 9.69. The fraction of sp³-hybridized carbons (Fsp3) is 0.727. The van der Waals surface area contributed by atoms with Gasteiger partial charge in [0.15, 0.2) is 5.75 Å². The van der Waals surface area contributed by atoms with Gasteiger partial charge in [0, 0.05) is 38.9 Å². The minimum Gasteiger partial charge on any atom is -0.504 e. The second-order valence-electron chi connectivity index (χ2n) is 7.20. The van der Waals surface area contributed by atoms with E-state index in [1.54, 1.807) is 0 Å². The van der Waals surface area contributed by atoms with Crippen LogP contribution in [-0.4, -0.2) is 58.7 Å².